The van der Waals surface area contributed by atoms with Gasteiger partial charge in [-0.05, 0) is 0 Å². The van der Waals surface area contributed by atoms with E-state index in [1.54, 1.807) is 19.0 Å². The number of aliphatic hydroxyl groups excluding tert-OH is 1. The van der Waals surface area contributed by atoms with E-state index in [-0.39, 0.29) is 10.8 Å². The van der Waals surface area contributed by atoms with Crippen molar-refractivity contribution in [1.29, 1.82) is 0 Å². The molecule has 0 radical (unpaired) electrons. The average molecular weight is 256 g/mol. The van der Waals surface area contributed by atoms with Gasteiger partial charge in [0.25, 0.3) is 0 Å². The lowest BCUT2D eigenvalue weighted by molar-refractivity contribution is -0.206. The van der Waals surface area contributed by atoms with Gasteiger partial charge in [-0.15, -0.1) is 0 Å². The Kier molecular flexibility index (Phi) is 3.64. The number of anilines is 1. The van der Waals surface area contributed by atoms with E-state index >= 15 is 0 Å². The maximum atomic E-state index is 12.3. The van der Waals surface area contributed by atoms with Gasteiger partial charge in [-0.3, -0.25) is 0 Å². The van der Waals surface area contributed by atoms with Crippen molar-refractivity contribution in [2.75, 3.05) is 26.1 Å². The monoisotopic (exact) mass is 256 g/mol. The minimum absolute atomic E-state index is 0.196. The summed E-state index contributed by atoms with van der Waals surface area (Å²) < 4.78 is 41.7. The van der Waals surface area contributed by atoms with Crippen molar-refractivity contribution in [3.63, 3.8) is 0 Å². The number of alkyl halides is 3. The van der Waals surface area contributed by atoms with Gasteiger partial charge in [-0.25, -0.2) is 0 Å². The van der Waals surface area contributed by atoms with Crippen molar-refractivity contribution >= 4 is 16.5 Å². The van der Waals surface area contributed by atoms with Crippen LogP contribution in [-0.4, -0.2) is 37.5 Å². The predicted octanol–water partition coefficient (Wildman–Crippen LogP) is 1.81. The molecule has 0 aromatic carbocycles. The predicted molar refractivity (Wildman–Crippen MR) is 54.0 cm³/mol. The lowest BCUT2D eigenvalue weighted by Crippen LogP contribution is -2.19. The van der Waals surface area contributed by atoms with E-state index in [9.17, 15) is 13.2 Å². The van der Waals surface area contributed by atoms with E-state index in [1.807, 2.05) is 0 Å². The summed E-state index contributed by atoms with van der Waals surface area (Å²) in [5.41, 5.74) is 0. The zero-order valence-electron chi connectivity index (χ0n) is 8.87. The van der Waals surface area contributed by atoms with Gasteiger partial charge in [0, 0.05) is 14.1 Å². The van der Waals surface area contributed by atoms with Gasteiger partial charge >= 0.3 is 6.18 Å². The van der Waals surface area contributed by atoms with Crippen molar-refractivity contribution < 1.29 is 23.0 Å². The van der Waals surface area contributed by atoms with Gasteiger partial charge < -0.3 is 14.7 Å². The maximum absolute atomic E-state index is 12.3. The topological polar surface area (TPSA) is 45.6 Å². The number of aromatic nitrogens is 1. The fourth-order valence-electron chi connectivity index (χ4n) is 0.966. The largest absolute Gasteiger partial charge is 0.480 e. The normalized spacial score (nSPS) is 13.7. The quantitative estimate of drug-likeness (QED) is 0.896. The number of rotatable bonds is 3. The molecule has 1 unspecified atom stereocenters. The summed E-state index contributed by atoms with van der Waals surface area (Å²) in [4.78, 5) is 5.03. The highest BCUT2D eigenvalue weighted by Crippen LogP contribution is 2.42. The van der Waals surface area contributed by atoms with E-state index < -0.39 is 12.3 Å². The fraction of sp³-hybridized carbons (Fsp3) is 0.625. The van der Waals surface area contributed by atoms with E-state index in [4.69, 9.17) is 9.84 Å². The number of thiazole rings is 1. The second kappa shape index (κ2) is 4.46. The van der Waals surface area contributed by atoms with Crippen LogP contribution in [0.25, 0.3) is 0 Å². The van der Waals surface area contributed by atoms with Crippen LogP contribution in [0.2, 0.25) is 0 Å². The molecular formula is C8H11F3N2O2S. The van der Waals surface area contributed by atoms with Crippen LogP contribution < -0.4 is 9.64 Å². The lowest BCUT2D eigenvalue weighted by Gasteiger charge is -2.13. The summed E-state index contributed by atoms with van der Waals surface area (Å²) in [6.45, 7) is 0. The lowest BCUT2D eigenvalue weighted by atomic mass is 10.3. The molecule has 0 aliphatic rings. The van der Waals surface area contributed by atoms with Gasteiger partial charge in [0.15, 0.2) is 11.2 Å². The van der Waals surface area contributed by atoms with Crippen molar-refractivity contribution in [2.24, 2.45) is 0 Å². The minimum Gasteiger partial charge on any atom is -0.480 e. The molecule has 0 aliphatic heterocycles. The highest BCUT2D eigenvalue weighted by Gasteiger charge is 2.43. The third kappa shape index (κ3) is 2.56. The molecule has 0 bridgehead atoms. The van der Waals surface area contributed by atoms with Gasteiger partial charge in [-0.2, -0.15) is 18.2 Å². The SMILES string of the molecule is COc1nc(N(C)C)sc1C(O)C(F)(F)F. The maximum Gasteiger partial charge on any atom is 0.419 e. The van der Waals surface area contributed by atoms with Gasteiger partial charge in [0.05, 0.1) is 7.11 Å². The highest BCUT2D eigenvalue weighted by atomic mass is 32.1. The van der Waals surface area contributed by atoms with Crippen molar-refractivity contribution in [1.82, 2.24) is 4.98 Å². The Balaban J connectivity index is 3.12. The Hall–Kier alpha value is -1.02. The summed E-state index contributed by atoms with van der Waals surface area (Å²) in [7, 11) is 4.49. The number of halogens is 3. The standard InChI is InChI=1S/C8H11F3N2O2S/c1-13(2)7-12-6(15-3)4(16-7)5(14)8(9,10)11/h5,14H,1-3H3. The molecule has 8 heteroatoms. The molecule has 0 spiro atoms. The second-order valence-electron chi connectivity index (χ2n) is 3.21. The molecule has 1 aromatic rings. The molecule has 0 amide bonds. The molecule has 4 nitrogen and oxygen atoms in total. The zero-order chi connectivity index (χ0) is 12.5. The number of hydrogen-bond acceptors (Lipinski definition) is 5. The first-order valence-electron chi connectivity index (χ1n) is 4.24. The fourth-order valence-corrected chi connectivity index (χ4v) is 1.94. The number of ether oxygens (including phenoxy) is 1. The molecule has 1 rings (SSSR count). The van der Waals surface area contributed by atoms with Crippen LogP contribution in [0.1, 0.15) is 11.0 Å². The van der Waals surface area contributed by atoms with Crippen LogP contribution in [0.5, 0.6) is 5.88 Å². The third-order valence-electron chi connectivity index (χ3n) is 1.74. The third-order valence-corrected chi connectivity index (χ3v) is 3.00. The van der Waals surface area contributed by atoms with Crippen molar-refractivity contribution in [2.45, 2.75) is 12.3 Å². The van der Waals surface area contributed by atoms with Gasteiger partial charge in [-0.1, -0.05) is 11.3 Å². The Morgan fingerprint density at radius 3 is 2.38 bits per heavy atom. The number of aliphatic hydroxyl groups is 1. The summed E-state index contributed by atoms with van der Waals surface area (Å²) in [5, 5.41) is 9.45. The van der Waals surface area contributed by atoms with Crippen LogP contribution in [-0.2, 0) is 0 Å². The molecule has 1 atom stereocenters. The van der Waals surface area contributed by atoms with E-state index in [1.165, 1.54) is 7.11 Å². The molecule has 1 heterocycles. The van der Waals surface area contributed by atoms with Crippen LogP contribution in [0.3, 0.4) is 0 Å². The molecule has 1 aromatic heterocycles. The number of methoxy groups -OCH3 is 1. The van der Waals surface area contributed by atoms with E-state index in [0.717, 1.165) is 11.3 Å². The summed E-state index contributed by atoms with van der Waals surface area (Å²) in [6.07, 6.45) is -7.28. The van der Waals surface area contributed by atoms with Crippen LogP contribution in [0, 0.1) is 0 Å². The summed E-state index contributed by atoms with van der Waals surface area (Å²) in [6, 6.07) is 0. The Morgan fingerprint density at radius 2 is 2.00 bits per heavy atom. The number of nitrogens with zero attached hydrogens (tertiary/aromatic N) is 2. The van der Waals surface area contributed by atoms with Crippen molar-refractivity contribution in [3.8, 4) is 5.88 Å². The second-order valence-corrected chi connectivity index (χ2v) is 4.22. The van der Waals surface area contributed by atoms with E-state index in [2.05, 4.69) is 4.98 Å². The number of hydrogen-bond donors (Lipinski definition) is 1. The molecule has 0 saturated heterocycles. The van der Waals surface area contributed by atoms with Crippen LogP contribution >= 0.6 is 11.3 Å². The summed E-state index contributed by atoms with van der Waals surface area (Å²) >= 11 is 0.747. The zero-order valence-corrected chi connectivity index (χ0v) is 9.69. The first-order chi connectivity index (χ1) is 7.27. The molecule has 16 heavy (non-hydrogen) atoms. The first-order valence-corrected chi connectivity index (χ1v) is 5.05. The molecule has 1 N–H and O–H groups in total. The molecular weight excluding hydrogens is 245 g/mol. The average Bonchev–Trinajstić information content (AvgIpc) is 2.58. The molecule has 92 valence electrons. The first kappa shape index (κ1) is 13.0. The van der Waals surface area contributed by atoms with Crippen LogP contribution in [0.4, 0.5) is 18.3 Å². The molecule has 0 saturated carbocycles. The van der Waals surface area contributed by atoms with Gasteiger partial charge in [0.1, 0.15) is 4.88 Å². The molecule has 0 fully saturated rings. The smallest absolute Gasteiger partial charge is 0.419 e. The Labute approximate surface area is 94.3 Å². The summed E-state index contributed by atoms with van der Waals surface area (Å²) in [5.74, 6) is -0.196. The Bertz CT molecular complexity index is 365. The van der Waals surface area contributed by atoms with E-state index in [0.29, 0.717) is 5.13 Å². The Morgan fingerprint density at radius 1 is 1.44 bits per heavy atom. The molecule has 0 aliphatic carbocycles. The minimum atomic E-state index is -4.72. The van der Waals surface area contributed by atoms with Crippen molar-refractivity contribution in [3.05, 3.63) is 4.88 Å². The van der Waals surface area contributed by atoms with Crippen LogP contribution in [0.15, 0.2) is 0 Å². The van der Waals surface area contributed by atoms with Gasteiger partial charge in [0.2, 0.25) is 5.88 Å². The highest BCUT2D eigenvalue weighted by molar-refractivity contribution is 7.16.